The standard InChI is InChI=1S/C19H16ClN7S/c20-14-2-1-3-16(10-14)26-12-22-17(25-26)11-28-19-24-23-18(27(19)15-4-5-15)13-6-8-21-9-7-13/h1-3,6-10,12,15H,4-5,11H2. The first kappa shape index (κ1) is 17.4. The first-order valence-corrected chi connectivity index (χ1v) is 10.3. The molecule has 0 saturated heterocycles. The molecule has 4 aromatic rings. The zero-order valence-corrected chi connectivity index (χ0v) is 16.4. The Hall–Kier alpha value is -2.71. The minimum atomic E-state index is 0.470. The van der Waals surface area contributed by atoms with Crippen molar-refractivity contribution in [3.63, 3.8) is 0 Å². The number of thioether (sulfide) groups is 1. The highest BCUT2D eigenvalue weighted by molar-refractivity contribution is 7.98. The van der Waals surface area contributed by atoms with Gasteiger partial charge in [-0.3, -0.25) is 9.55 Å². The van der Waals surface area contributed by atoms with Crippen molar-refractivity contribution in [1.29, 1.82) is 0 Å². The van der Waals surface area contributed by atoms with Crippen molar-refractivity contribution in [1.82, 2.24) is 34.5 Å². The molecule has 140 valence electrons. The molecule has 9 heteroatoms. The van der Waals surface area contributed by atoms with Gasteiger partial charge in [0.15, 0.2) is 16.8 Å². The molecule has 1 saturated carbocycles. The summed E-state index contributed by atoms with van der Waals surface area (Å²) in [5, 5.41) is 15.0. The molecule has 28 heavy (non-hydrogen) atoms. The van der Waals surface area contributed by atoms with Crippen LogP contribution in [-0.2, 0) is 5.75 Å². The van der Waals surface area contributed by atoms with Crippen LogP contribution in [0.15, 0.2) is 60.3 Å². The van der Waals surface area contributed by atoms with Crippen molar-refractivity contribution in [2.75, 3.05) is 0 Å². The second-order valence-electron chi connectivity index (χ2n) is 6.52. The van der Waals surface area contributed by atoms with Crippen molar-refractivity contribution in [3.05, 3.63) is 66.0 Å². The highest BCUT2D eigenvalue weighted by Crippen LogP contribution is 2.41. The lowest BCUT2D eigenvalue weighted by Crippen LogP contribution is -2.00. The van der Waals surface area contributed by atoms with E-state index in [9.17, 15) is 0 Å². The molecule has 3 heterocycles. The minimum Gasteiger partial charge on any atom is -0.299 e. The monoisotopic (exact) mass is 409 g/mol. The zero-order chi connectivity index (χ0) is 18.9. The molecule has 3 aromatic heterocycles. The number of aromatic nitrogens is 7. The van der Waals surface area contributed by atoms with Gasteiger partial charge in [-0.1, -0.05) is 29.4 Å². The molecule has 0 aliphatic heterocycles. The third-order valence-electron chi connectivity index (χ3n) is 4.46. The third kappa shape index (κ3) is 3.53. The molecule has 1 fully saturated rings. The molecule has 0 N–H and O–H groups in total. The SMILES string of the molecule is Clc1cccc(-n2cnc(CSc3nnc(-c4ccncc4)n3C3CC3)n2)c1. The van der Waals surface area contributed by atoms with E-state index in [4.69, 9.17) is 11.6 Å². The topological polar surface area (TPSA) is 74.3 Å². The van der Waals surface area contributed by atoms with Crippen molar-refractivity contribution in [2.24, 2.45) is 0 Å². The second-order valence-corrected chi connectivity index (χ2v) is 7.90. The molecule has 0 spiro atoms. The Balaban J connectivity index is 1.36. The molecule has 7 nitrogen and oxygen atoms in total. The summed E-state index contributed by atoms with van der Waals surface area (Å²) in [5.41, 5.74) is 1.92. The van der Waals surface area contributed by atoms with Crippen LogP contribution in [0, 0.1) is 0 Å². The van der Waals surface area contributed by atoms with Crippen molar-refractivity contribution >= 4 is 23.4 Å². The van der Waals surface area contributed by atoms with E-state index in [0.29, 0.717) is 16.8 Å². The van der Waals surface area contributed by atoms with Gasteiger partial charge in [-0.05, 0) is 43.2 Å². The summed E-state index contributed by atoms with van der Waals surface area (Å²) in [6.07, 6.45) is 7.58. The predicted octanol–water partition coefficient (Wildman–Crippen LogP) is 4.20. The normalized spacial score (nSPS) is 13.8. The van der Waals surface area contributed by atoms with E-state index in [2.05, 4.69) is 29.8 Å². The van der Waals surface area contributed by atoms with Crippen LogP contribution >= 0.6 is 23.4 Å². The Bertz CT molecular complexity index is 1100. The summed E-state index contributed by atoms with van der Waals surface area (Å²) in [4.78, 5) is 8.50. The van der Waals surface area contributed by atoms with E-state index in [1.165, 1.54) is 0 Å². The lowest BCUT2D eigenvalue weighted by atomic mass is 10.2. The van der Waals surface area contributed by atoms with Gasteiger partial charge in [-0.2, -0.15) is 5.10 Å². The molecule has 5 rings (SSSR count). The molecule has 0 atom stereocenters. The molecule has 0 bridgehead atoms. The Morgan fingerprint density at radius 3 is 2.75 bits per heavy atom. The maximum atomic E-state index is 6.06. The number of benzene rings is 1. The van der Waals surface area contributed by atoms with Crippen LogP contribution in [0.1, 0.15) is 24.7 Å². The average molecular weight is 410 g/mol. The van der Waals surface area contributed by atoms with E-state index >= 15 is 0 Å². The van der Waals surface area contributed by atoms with Crippen LogP contribution in [0.3, 0.4) is 0 Å². The van der Waals surface area contributed by atoms with E-state index in [1.807, 2.05) is 36.4 Å². The Labute approximate surface area is 170 Å². The van der Waals surface area contributed by atoms with Gasteiger partial charge in [0.05, 0.1) is 11.4 Å². The van der Waals surface area contributed by atoms with Gasteiger partial charge in [0.25, 0.3) is 0 Å². The van der Waals surface area contributed by atoms with Crippen LogP contribution in [0.2, 0.25) is 5.02 Å². The zero-order valence-electron chi connectivity index (χ0n) is 14.8. The Morgan fingerprint density at radius 2 is 1.96 bits per heavy atom. The minimum absolute atomic E-state index is 0.470. The van der Waals surface area contributed by atoms with Gasteiger partial charge < -0.3 is 0 Å². The van der Waals surface area contributed by atoms with E-state index in [0.717, 1.165) is 40.9 Å². The van der Waals surface area contributed by atoms with Crippen LogP contribution in [0.25, 0.3) is 17.1 Å². The number of halogens is 1. The summed E-state index contributed by atoms with van der Waals surface area (Å²) < 4.78 is 3.96. The molecule has 1 aliphatic carbocycles. The largest absolute Gasteiger partial charge is 0.299 e. The lowest BCUT2D eigenvalue weighted by Gasteiger charge is -2.08. The van der Waals surface area contributed by atoms with Crippen molar-refractivity contribution in [3.8, 4) is 17.1 Å². The van der Waals surface area contributed by atoms with Crippen molar-refractivity contribution in [2.45, 2.75) is 29.8 Å². The van der Waals surface area contributed by atoms with E-state index in [-0.39, 0.29) is 0 Å². The highest BCUT2D eigenvalue weighted by atomic mass is 35.5. The van der Waals surface area contributed by atoms with Crippen LogP contribution in [0.5, 0.6) is 0 Å². The van der Waals surface area contributed by atoms with Crippen molar-refractivity contribution < 1.29 is 0 Å². The van der Waals surface area contributed by atoms with Crippen LogP contribution in [-0.4, -0.2) is 34.5 Å². The molecule has 1 aliphatic rings. The maximum Gasteiger partial charge on any atom is 0.192 e. The summed E-state index contributed by atoms with van der Waals surface area (Å²) in [6.45, 7) is 0. The van der Waals surface area contributed by atoms with Crippen LogP contribution in [0.4, 0.5) is 0 Å². The summed E-state index contributed by atoms with van der Waals surface area (Å²) >= 11 is 7.67. The quantitative estimate of drug-likeness (QED) is 0.444. The fourth-order valence-corrected chi connectivity index (χ4v) is 4.02. The second kappa shape index (κ2) is 7.37. The molecular formula is C19H16ClN7S. The van der Waals surface area contributed by atoms with Gasteiger partial charge in [-0.15, -0.1) is 10.2 Å². The third-order valence-corrected chi connectivity index (χ3v) is 5.63. The molecule has 0 radical (unpaired) electrons. The van der Waals surface area contributed by atoms with E-state index in [1.54, 1.807) is 35.2 Å². The van der Waals surface area contributed by atoms with Gasteiger partial charge in [-0.25, -0.2) is 9.67 Å². The predicted molar refractivity (Wildman–Crippen MR) is 107 cm³/mol. The Morgan fingerprint density at radius 1 is 1.11 bits per heavy atom. The Kier molecular flexibility index (Phi) is 4.58. The number of rotatable bonds is 6. The van der Waals surface area contributed by atoms with Gasteiger partial charge in [0, 0.05) is 29.0 Å². The first-order valence-electron chi connectivity index (χ1n) is 8.92. The van der Waals surface area contributed by atoms with Gasteiger partial charge in [0.2, 0.25) is 0 Å². The lowest BCUT2D eigenvalue weighted by molar-refractivity contribution is 0.669. The summed E-state index contributed by atoms with van der Waals surface area (Å²) in [6, 6.07) is 11.9. The fraction of sp³-hybridized carbons (Fsp3) is 0.211. The number of hydrogen-bond acceptors (Lipinski definition) is 6. The summed E-state index contributed by atoms with van der Waals surface area (Å²) in [5.74, 6) is 2.25. The molecule has 0 unspecified atom stereocenters. The van der Waals surface area contributed by atoms with Crippen LogP contribution < -0.4 is 0 Å². The summed E-state index contributed by atoms with van der Waals surface area (Å²) in [7, 11) is 0. The average Bonchev–Trinajstić information content (AvgIpc) is 3.29. The molecular weight excluding hydrogens is 394 g/mol. The first-order chi connectivity index (χ1) is 13.8. The fourth-order valence-electron chi connectivity index (χ4n) is 2.97. The van der Waals surface area contributed by atoms with Gasteiger partial charge in [0.1, 0.15) is 6.33 Å². The van der Waals surface area contributed by atoms with Gasteiger partial charge >= 0.3 is 0 Å². The highest BCUT2D eigenvalue weighted by Gasteiger charge is 2.30. The smallest absolute Gasteiger partial charge is 0.192 e. The van der Waals surface area contributed by atoms with E-state index < -0.39 is 0 Å². The number of hydrogen-bond donors (Lipinski definition) is 0. The number of pyridine rings is 1. The maximum absolute atomic E-state index is 6.06. The molecule has 1 aromatic carbocycles. The molecule has 0 amide bonds. The number of nitrogens with zero attached hydrogens (tertiary/aromatic N) is 7.